The summed E-state index contributed by atoms with van der Waals surface area (Å²) in [6.45, 7) is 10.0. The molecule has 6 nitrogen and oxygen atoms in total. The number of aliphatic imine (C=N–C) groups is 1. The van der Waals surface area contributed by atoms with Crippen molar-refractivity contribution >= 4 is 15.8 Å². The highest BCUT2D eigenvalue weighted by Crippen LogP contribution is 2.24. The van der Waals surface area contributed by atoms with E-state index in [0.717, 1.165) is 16.9 Å². The average Bonchev–Trinajstić information content (AvgIpc) is 2.66. The van der Waals surface area contributed by atoms with Crippen molar-refractivity contribution in [2.45, 2.75) is 44.6 Å². The van der Waals surface area contributed by atoms with E-state index in [1.165, 1.54) is 11.8 Å². The van der Waals surface area contributed by atoms with Gasteiger partial charge in [0.1, 0.15) is 12.4 Å². The van der Waals surface area contributed by atoms with Crippen LogP contribution in [-0.4, -0.2) is 40.8 Å². The van der Waals surface area contributed by atoms with Crippen molar-refractivity contribution in [2.75, 3.05) is 26.5 Å². The molecule has 0 aliphatic rings. The molecule has 0 atom stereocenters. The van der Waals surface area contributed by atoms with Gasteiger partial charge in [-0.15, -0.1) is 0 Å². The summed E-state index contributed by atoms with van der Waals surface area (Å²) >= 11 is 0. The summed E-state index contributed by atoms with van der Waals surface area (Å²) in [5.74, 6) is 1.50. The summed E-state index contributed by atoms with van der Waals surface area (Å²) < 4.78 is 29.3. The summed E-state index contributed by atoms with van der Waals surface area (Å²) in [4.78, 5) is 4.57. The Morgan fingerprint density at radius 1 is 1.07 bits per heavy atom. The second-order valence-electron chi connectivity index (χ2n) is 8.35. The van der Waals surface area contributed by atoms with Gasteiger partial charge in [-0.1, -0.05) is 45.0 Å². The van der Waals surface area contributed by atoms with Crippen LogP contribution in [0.5, 0.6) is 5.75 Å². The van der Waals surface area contributed by atoms with Crippen LogP contribution in [0.4, 0.5) is 0 Å². The molecular formula is C23H33N3O3S. The van der Waals surface area contributed by atoms with Gasteiger partial charge in [0.05, 0.1) is 11.4 Å². The Balaban J connectivity index is 1.79. The zero-order chi connectivity index (χ0) is 22.4. The molecule has 0 fully saturated rings. The number of hydrogen-bond acceptors (Lipinski definition) is 4. The van der Waals surface area contributed by atoms with E-state index in [9.17, 15) is 8.42 Å². The Labute approximate surface area is 180 Å². The lowest BCUT2D eigenvalue weighted by Gasteiger charge is -2.19. The molecular weight excluding hydrogens is 398 g/mol. The molecule has 0 unspecified atom stereocenters. The van der Waals surface area contributed by atoms with Crippen LogP contribution in [0.25, 0.3) is 0 Å². The molecule has 0 aliphatic carbocycles. The van der Waals surface area contributed by atoms with E-state index in [2.05, 4.69) is 48.5 Å². The molecule has 2 rings (SSSR count). The van der Waals surface area contributed by atoms with E-state index in [-0.39, 0.29) is 5.41 Å². The van der Waals surface area contributed by atoms with Crippen LogP contribution in [0, 0.1) is 6.92 Å². The topological polar surface area (TPSA) is 79.8 Å². The summed E-state index contributed by atoms with van der Waals surface area (Å²) in [6.07, 6.45) is 1.22. The smallest absolute Gasteiger partial charge is 0.191 e. The zero-order valence-corrected chi connectivity index (χ0v) is 19.6. The molecule has 0 bridgehead atoms. The van der Waals surface area contributed by atoms with Crippen LogP contribution < -0.4 is 15.4 Å². The van der Waals surface area contributed by atoms with Crippen LogP contribution in [0.1, 0.15) is 37.5 Å². The van der Waals surface area contributed by atoms with Gasteiger partial charge in [0, 0.05) is 19.8 Å². The average molecular weight is 432 g/mol. The minimum Gasteiger partial charge on any atom is -0.492 e. The summed E-state index contributed by atoms with van der Waals surface area (Å²) in [5, 5.41) is 6.44. The molecule has 2 N–H and O–H groups in total. The molecule has 2 aromatic rings. The van der Waals surface area contributed by atoms with E-state index in [0.29, 0.717) is 30.6 Å². The van der Waals surface area contributed by atoms with Gasteiger partial charge < -0.3 is 15.4 Å². The van der Waals surface area contributed by atoms with Crippen molar-refractivity contribution in [3.05, 3.63) is 59.2 Å². The van der Waals surface area contributed by atoms with Gasteiger partial charge >= 0.3 is 0 Å². The van der Waals surface area contributed by atoms with Crippen molar-refractivity contribution < 1.29 is 13.2 Å². The summed E-state index contributed by atoms with van der Waals surface area (Å²) in [6, 6.07) is 13.5. The highest BCUT2D eigenvalue weighted by atomic mass is 32.2. The maximum Gasteiger partial charge on any atom is 0.191 e. The highest BCUT2D eigenvalue weighted by Gasteiger charge is 2.13. The number of benzene rings is 2. The first kappa shape index (κ1) is 23.7. The predicted molar refractivity (Wildman–Crippen MR) is 123 cm³/mol. The second kappa shape index (κ2) is 9.98. The monoisotopic (exact) mass is 431 g/mol. The van der Waals surface area contributed by atoms with E-state index in [1.54, 1.807) is 20.0 Å². The molecule has 0 saturated carbocycles. The first-order valence-corrected chi connectivity index (χ1v) is 11.9. The molecule has 0 aromatic heterocycles. The van der Waals surface area contributed by atoms with Gasteiger partial charge in [0.2, 0.25) is 0 Å². The van der Waals surface area contributed by atoms with E-state index in [1.807, 2.05) is 24.3 Å². The molecule has 0 spiro atoms. The van der Waals surface area contributed by atoms with Crippen LogP contribution in [-0.2, 0) is 21.8 Å². The van der Waals surface area contributed by atoms with Crippen molar-refractivity contribution in [1.29, 1.82) is 0 Å². The highest BCUT2D eigenvalue weighted by molar-refractivity contribution is 7.90. The lowest BCUT2D eigenvalue weighted by molar-refractivity contribution is 0.321. The van der Waals surface area contributed by atoms with E-state index < -0.39 is 9.84 Å². The fraction of sp³-hybridized carbons (Fsp3) is 0.435. The normalized spacial score (nSPS) is 12.5. The molecule has 0 saturated heterocycles. The quantitative estimate of drug-likeness (QED) is 0.399. The van der Waals surface area contributed by atoms with Crippen LogP contribution >= 0.6 is 0 Å². The molecule has 30 heavy (non-hydrogen) atoms. The number of ether oxygens (including phenoxy) is 1. The predicted octanol–water partition coefficient (Wildman–Crippen LogP) is 3.44. The first-order valence-electron chi connectivity index (χ1n) is 9.98. The molecule has 0 aliphatic heterocycles. The third-order valence-electron chi connectivity index (χ3n) is 4.71. The largest absolute Gasteiger partial charge is 0.492 e. The minimum absolute atomic E-state index is 0.127. The molecule has 2 aromatic carbocycles. The fourth-order valence-corrected chi connectivity index (χ4v) is 3.99. The van der Waals surface area contributed by atoms with Crippen molar-refractivity contribution in [1.82, 2.24) is 10.6 Å². The molecule has 7 heteroatoms. The van der Waals surface area contributed by atoms with Gasteiger partial charge in [-0.3, -0.25) is 4.99 Å². The molecule has 164 valence electrons. The number of guanidine groups is 1. The fourth-order valence-electron chi connectivity index (χ4n) is 3.03. The zero-order valence-electron chi connectivity index (χ0n) is 18.7. The lowest BCUT2D eigenvalue weighted by Crippen LogP contribution is -2.38. The van der Waals surface area contributed by atoms with Gasteiger partial charge in [-0.25, -0.2) is 8.42 Å². The Morgan fingerprint density at radius 2 is 1.73 bits per heavy atom. The molecule has 0 amide bonds. The van der Waals surface area contributed by atoms with E-state index in [4.69, 9.17) is 4.74 Å². The third-order valence-corrected chi connectivity index (χ3v) is 5.96. The summed E-state index contributed by atoms with van der Waals surface area (Å²) in [7, 11) is -1.50. The maximum absolute atomic E-state index is 11.7. The van der Waals surface area contributed by atoms with Crippen LogP contribution in [0.3, 0.4) is 0 Å². The number of hydrogen-bond donors (Lipinski definition) is 2. The number of nitrogens with zero attached hydrogens (tertiary/aromatic N) is 1. The first-order chi connectivity index (χ1) is 14.0. The minimum atomic E-state index is -3.20. The van der Waals surface area contributed by atoms with Crippen molar-refractivity contribution in [2.24, 2.45) is 4.99 Å². The molecule has 0 heterocycles. The van der Waals surface area contributed by atoms with Gasteiger partial charge in [-0.2, -0.15) is 0 Å². The lowest BCUT2D eigenvalue weighted by atomic mass is 9.87. The summed E-state index contributed by atoms with van der Waals surface area (Å²) in [5.41, 5.74) is 3.13. The number of aryl methyl sites for hydroxylation is 1. The Bertz CT molecular complexity index is 976. The van der Waals surface area contributed by atoms with Crippen LogP contribution in [0.2, 0.25) is 0 Å². The third kappa shape index (κ3) is 7.06. The van der Waals surface area contributed by atoms with Gasteiger partial charge in [0.15, 0.2) is 15.8 Å². The maximum atomic E-state index is 11.7. The standard InChI is InChI=1S/C23H33N3O3S/c1-17-15-18(7-12-21(17)30(6,27)28)16-26-22(24-5)25-13-14-29-20-10-8-19(9-11-20)23(2,3)4/h7-12,15H,13-14,16H2,1-6H3,(H2,24,25,26). The Hall–Kier alpha value is -2.54. The Kier molecular flexibility index (Phi) is 7.89. The van der Waals surface area contributed by atoms with Gasteiger partial charge in [0.25, 0.3) is 0 Å². The van der Waals surface area contributed by atoms with Gasteiger partial charge in [-0.05, 0) is 47.2 Å². The number of rotatable bonds is 7. The van der Waals surface area contributed by atoms with Crippen molar-refractivity contribution in [3.8, 4) is 5.75 Å². The number of nitrogens with one attached hydrogen (secondary N) is 2. The SMILES string of the molecule is CN=C(NCCOc1ccc(C(C)(C)C)cc1)NCc1ccc(S(C)(=O)=O)c(C)c1. The number of sulfone groups is 1. The van der Waals surface area contributed by atoms with Crippen LogP contribution in [0.15, 0.2) is 52.4 Å². The second-order valence-corrected chi connectivity index (χ2v) is 10.3. The van der Waals surface area contributed by atoms with Crippen molar-refractivity contribution in [3.63, 3.8) is 0 Å². The Morgan fingerprint density at radius 3 is 2.27 bits per heavy atom. The molecule has 0 radical (unpaired) electrons. The van der Waals surface area contributed by atoms with E-state index >= 15 is 0 Å².